The molecule has 3 aromatic rings. The minimum Gasteiger partial charge on any atom is -0.494 e. The van der Waals surface area contributed by atoms with Crippen molar-refractivity contribution in [3.63, 3.8) is 0 Å². The van der Waals surface area contributed by atoms with Crippen molar-refractivity contribution in [1.82, 2.24) is 5.32 Å². The second-order valence-corrected chi connectivity index (χ2v) is 7.82. The second-order valence-electron chi connectivity index (χ2n) is 7.41. The van der Waals surface area contributed by atoms with E-state index in [9.17, 15) is 4.79 Å². The first-order valence-electron chi connectivity index (χ1n) is 10.0. The van der Waals surface area contributed by atoms with Crippen LogP contribution >= 0.6 is 12.2 Å². The number of amides is 1. The van der Waals surface area contributed by atoms with Crippen molar-refractivity contribution < 1.29 is 9.53 Å². The van der Waals surface area contributed by atoms with Gasteiger partial charge in [0.25, 0.3) is 5.91 Å². The lowest BCUT2D eigenvalue weighted by molar-refractivity contribution is 0.0978. The zero-order chi connectivity index (χ0) is 21.3. The molecule has 0 aromatic heterocycles. The van der Waals surface area contributed by atoms with E-state index in [2.05, 4.69) is 24.5 Å². The van der Waals surface area contributed by atoms with Gasteiger partial charge in [-0.3, -0.25) is 10.1 Å². The number of carbonyl (C=O) groups is 1. The summed E-state index contributed by atoms with van der Waals surface area (Å²) in [5.74, 6) is 1.11. The number of rotatable bonds is 7. The maximum absolute atomic E-state index is 12.5. The van der Waals surface area contributed by atoms with Gasteiger partial charge in [-0.25, -0.2) is 0 Å². The Kier molecular flexibility index (Phi) is 7.57. The summed E-state index contributed by atoms with van der Waals surface area (Å²) in [7, 11) is 0. The number of carbonyl (C=O) groups excluding carboxylic acids is 1. The fraction of sp³-hybridized carbons (Fsp3) is 0.200. The molecule has 0 atom stereocenters. The van der Waals surface area contributed by atoms with Crippen molar-refractivity contribution in [1.29, 1.82) is 0 Å². The Hall–Kier alpha value is -3.18. The molecule has 3 rings (SSSR count). The third kappa shape index (κ3) is 6.42. The van der Waals surface area contributed by atoms with Gasteiger partial charge in [0, 0.05) is 17.3 Å². The predicted molar refractivity (Wildman–Crippen MR) is 127 cm³/mol. The maximum Gasteiger partial charge on any atom is 0.257 e. The maximum atomic E-state index is 12.5. The number of ether oxygens (including phenoxy) is 1. The Bertz CT molecular complexity index is 986. The van der Waals surface area contributed by atoms with Gasteiger partial charge >= 0.3 is 0 Å². The fourth-order valence-electron chi connectivity index (χ4n) is 2.86. The number of thiocarbonyl (C=S) groups is 1. The first kappa shape index (κ1) is 21.5. The first-order valence-corrected chi connectivity index (χ1v) is 10.4. The van der Waals surface area contributed by atoms with Gasteiger partial charge in [0.15, 0.2) is 5.11 Å². The zero-order valence-electron chi connectivity index (χ0n) is 17.2. The molecule has 0 aliphatic carbocycles. The zero-order valence-corrected chi connectivity index (χ0v) is 18.0. The molecule has 2 N–H and O–H groups in total. The summed E-state index contributed by atoms with van der Waals surface area (Å²) < 4.78 is 5.77. The molecule has 0 radical (unpaired) electrons. The van der Waals surface area contributed by atoms with E-state index in [1.807, 2.05) is 66.7 Å². The van der Waals surface area contributed by atoms with Crippen LogP contribution in [-0.4, -0.2) is 17.6 Å². The van der Waals surface area contributed by atoms with Crippen LogP contribution in [0.15, 0.2) is 78.9 Å². The normalized spacial score (nSPS) is 10.5. The van der Waals surface area contributed by atoms with Crippen molar-refractivity contribution in [2.45, 2.75) is 20.3 Å². The number of benzene rings is 3. The van der Waals surface area contributed by atoms with Gasteiger partial charge < -0.3 is 10.1 Å². The lowest BCUT2D eigenvalue weighted by Crippen LogP contribution is -2.34. The summed E-state index contributed by atoms with van der Waals surface area (Å²) in [5, 5.41) is 6.00. The molecule has 0 heterocycles. The molecule has 0 aliphatic rings. The van der Waals surface area contributed by atoms with Crippen molar-refractivity contribution in [3.8, 4) is 16.9 Å². The van der Waals surface area contributed by atoms with E-state index < -0.39 is 0 Å². The summed E-state index contributed by atoms with van der Waals surface area (Å²) in [6.45, 7) is 5.00. The van der Waals surface area contributed by atoms with Crippen LogP contribution < -0.4 is 15.4 Å². The van der Waals surface area contributed by atoms with E-state index >= 15 is 0 Å². The molecular formula is C25H26N2O2S. The highest BCUT2D eigenvalue weighted by atomic mass is 32.1. The summed E-state index contributed by atoms with van der Waals surface area (Å²) in [6, 6.07) is 25.0. The number of hydrogen-bond donors (Lipinski definition) is 2. The number of anilines is 1. The van der Waals surface area contributed by atoms with Crippen LogP contribution in [0.1, 0.15) is 30.6 Å². The largest absolute Gasteiger partial charge is 0.494 e. The highest BCUT2D eigenvalue weighted by Crippen LogP contribution is 2.20. The molecule has 5 heteroatoms. The van der Waals surface area contributed by atoms with E-state index in [0.717, 1.165) is 29.0 Å². The predicted octanol–water partition coefficient (Wildman–Crippen LogP) is 5.91. The lowest BCUT2D eigenvalue weighted by Gasteiger charge is -2.12. The average molecular weight is 419 g/mol. The van der Waals surface area contributed by atoms with E-state index in [1.165, 1.54) is 0 Å². The molecule has 154 valence electrons. The van der Waals surface area contributed by atoms with Gasteiger partial charge in [0.2, 0.25) is 0 Å². The molecule has 30 heavy (non-hydrogen) atoms. The van der Waals surface area contributed by atoms with Gasteiger partial charge in [0.05, 0.1) is 6.61 Å². The van der Waals surface area contributed by atoms with Crippen molar-refractivity contribution >= 4 is 28.9 Å². The third-order valence-corrected chi connectivity index (χ3v) is 4.74. The Morgan fingerprint density at radius 3 is 2.33 bits per heavy atom. The molecule has 4 nitrogen and oxygen atoms in total. The van der Waals surface area contributed by atoms with Crippen molar-refractivity contribution in [3.05, 3.63) is 84.4 Å². The molecule has 0 fully saturated rings. The van der Waals surface area contributed by atoms with Gasteiger partial charge in [-0.2, -0.15) is 0 Å². The van der Waals surface area contributed by atoms with Crippen LogP contribution in [0.4, 0.5) is 5.69 Å². The molecule has 0 saturated heterocycles. The minimum atomic E-state index is -0.253. The second kappa shape index (κ2) is 10.6. The van der Waals surface area contributed by atoms with E-state index in [4.69, 9.17) is 17.0 Å². The number of nitrogens with one attached hydrogen (secondary N) is 2. The minimum absolute atomic E-state index is 0.242. The SMILES string of the molecule is CC(C)CCOc1cccc(NC(=S)NC(=O)c2ccc(-c3ccccc3)cc2)c1. The molecule has 0 saturated carbocycles. The highest BCUT2D eigenvalue weighted by molar-refractivity contribution is 7.80. The monoisotopic (exact) mass is 418 g/mol. The molecule has 0 aliphatic heterocycles. The van der Waals surface area contributed by atoms with Gasteiger partial charge in [-0.1, -0.05) is 62.4 Å². The smallest absolute Gasteiger partial charge is 0.257 e. The number of hydrogen-bond acceptors (Lipinski definition) is 3. The van der Waals surface area contributed by atoms with Crippen molar-refractivity contribution in [2.24, 2.45) is 5.92 Å². The molecule has 0 spiro atoms. The third-order valence-electron chi connectivity index (χ3n) is 4.54. The van der Waals surface area contributed by atoms with Crippen LogP contribution in [0.25, 0.3) is 11.1 Å². The van der Waals surface area contributed by atoms with E-state index in [-0.39, 0.29) is 11.0 Å². The molecule has 0 bridgehead atoms. The lowest BCUT2D eigenvalue weighted by atomic mass is 10.0. The van der Waals surface area contributed by atoms with Gasteiger partial charge in [-0.15, -0.1) is 0 Å². The first-order chi connectivity index (χ1) is 14.5. The Morgan fingerprint density at radius 2 is 1.63 bits per heavy atom. The van der Waals surface area contributed by atoms with Crippen LogP contribution in [-0.2, 0) is 0 Å². The van der Waals surface area contributed by atoms with Crippen LogP contribution in [0, 0.1) is 5.92 Å². The standard InChI is InChI=1S/C25H26N2O2S/c1-18(2)15-16-29-23-10-6-9-22(17-23)26-25(30)27-24(28)21-13-11-20(12-14-21)19-7-4-3-5-8-19/h3-14,17-18H,15-16H2,1-2H3,(H2,26,27,28,30). The van der Waals surface area contributed by atoms with Crippen LogP contribution in [0.5, 0.6) is 5.75 Å². The molecule has 0 unspecified atom stereocenters. The fourth-order valence-corrected chi connectivity index (χ4v) is 3.07. The summed E-state index contributed by atoms with van der Waals surface area (Å²) in [4.78, 5) is 12.5. The quantitative estimate of drug-likeness (QED) is 0.469. The Balaban J connectivity index is 1.55. The van der Waals surface area contributed by atoms with E-state index in [0.29, 0.717) is 18.1 Å². The summed E-state index contributed by atoms with van der Waals surface area (Å²) >= 11 is 5.30. The highest BCUT2D eigenvalue weighted by Gasteiger charge is 2.09. The molecular weight excluding hydrogens is 392 g/mol. The molecule has 3 aromatic carbocycles. The topological polar surface area (TPSA) is 50.4 Å². The average Bonchev–Trinajstić information content (AvgIpc) is 2.74. The Morgan fingerprint density at radius 1 is 0.933 bits per heavy atom. The Labute approximate surface area is 183 Å². The van der Waals surface area contributed by atoms with Crippen LogP contribution in [0.2, 0.25) is 0 Å². The summed E-state index contributed by atoms with van der Waals surface area (Å²) in [5.41, 5.74) is 3.48. The molecule has 1 amide bonds. The van der Waals surface area contributed by atoms with E-state index in [1.54, 1.807) is 12.1 Å². The van der Waals surface area contributed by atoms with Gasteiger partial charge in [-0.05, 0) is 59.9 Å². The van der Waals surface area contributed by atoms with Gasteiger partial charge in [0.1, 0.15) is 5.75 Å². The van der Waals surface area contributed by atoms with Crippen molar-refractivity contribution in [2.75, 3.05) is 11.9 Å². The van der Waals surface area contributed by atoms with Crippen LogP contribution in [0.3, 0.4) is 0 Å². The summed E-state index contributed by atoms with van der Waals surface area (Å²) in [6.07, 6.45) is 0.995.